The Morgan fingerprint density at radius 1 is 1.32 bits per heavy atom. The molecule has 0 aromatic carbocycles. The molecule has 0 aliphatic carbocycles. The van der Waals surface area contributed by atoms with Gasteiger partial charge in [0, 0.05) is 35.8 Å². The van der Waals surface area contributed by atoms with E-state index in [2.05, 4.69) is 49.6 Å². The van der Waals surface area contributed by atoms with Crippen LogP contribution in [0.4, 0.5) is 5.82 Å². The van der Waals surface area contributed by atoms with E-state index in [9.17, 15) is 0 Å². The highest BCUT2D eigenvalue weighted by Gasteiger charge is 2.23. The Morgan fingerprint density at radius 2 is 2.00 bits per heavy atom. The fourth-order valence-corrected chi connectivity index (χ4v) is 3.99. The molecule has 4 heteroatoms. The summed E-state index contributed by atoms with van der Waals surface area (Å²) in [6, 6.07) is 4.31. The summed E-state index contributed by atoms with van der Waals surface area (Å²) >= 11 is 2.07. The Bertz CT molecular complexity index is 412. The predicted molar refractivity (Wildman–Crippen MR) is 84.9 cm³/mol. The fraction of sp³-hybridized carbons (Fsp3) is 0.667. The highest BCUT2D eigenvalue weighted by atomic mass is 32.2. The van der Waals surface area contributed by atoms with Crippen LogP contribution in [0.3, 0.4) is 0 Å². The third-order valence-electron chi connectivity index (χ3n) is 3.41. The van der Waals surface area contributed by atoms with Gasteiger partial charge >= 0.3 is 0 Å². The average Bonchev–Trinajstić information content (AvgIpc) is 2.37. The summed E-state index contributed by atoms with van der Waals surface area (Å²) in [5, 5.41) is 1.34. The first-order chi connectivity index (χ1) is 9.12. The van der Waals surface area contributed by atoms with Gasteiger partial charge in [-0.3, -0.25) is 0 Å². The first-order valence-corrected chi connectivity index (χ1v) is 8.17. The van der Waals surface area contributed by atoms with Gasteiger partial charge < -0.3 is 10.6 Å². The SMILES string of the molecule is CCCc1cc(CN)cc(N2CC(C)SC(C)C2)n1. The largest absolute Gasteiger partial charge is 0.354 e. The lowest BCUT2D eigenvalue weighted by molar-refractivity contribution is 0.713. The maximum Gasteiger partial charge on any atom is 0.129 e. The number of anilines is 1. The topological polar surface area (TPSA) is 42.1 Å². The minimum absolute atomic E-state index is 0.597. The number of hydrogen-bond donors (Lipinski definition) is 1. The Kier molecular flexibility index (Phi) is 5.11. The molecular formula is C15H25N3S. The lowest BCUT2D eigenvalue weighted by Gasteiger charge is -2.35. The fourth-order valence-electron chi connectivity index (χ4n) is 2.66. The van der Waals surface area contributed by atoms with Gasteiger partial charge in [0.2, 0.25) is 0 Å². The molecule has 0 amide bonds. The lowest BCUT2D eigenvalue weighted by Crippen LogP contribution is -2.41. The monoisotopic (exact) mass is 279 g/mol. The summed E-state index contributed by atoms with van der Waals surface area (Å²) in [4.78, 5) is 7.25. The summed E-state index contributed by atoms with van der Waals surface area (Å²) in [6.07, 6.45) is 2.16. The smallest absolute Gasteiger partial charge is 0.129 e. The van der Waals surface area contributed by atoms with Crippen LogP contribution in [0.1, 0.15) is 38.4 Å². The maximum atomic E-state index is 5.82. The normalized spacial score (nSPS) is 23.7. The van der Waals surface area contributed by atoms with E-state index in [0.717, 1.165) is 31.7 Å². The van der Waals surface area contributed by atoms with Crippen molar-refractivity contribution in [3.8, 4) is 0 Å². The van der Waals surface area contributed by atoms with Gasteiger partial charge in [0.25, 0.3) is 0 Å². The van der Waals surface area contributed by atoms with Crippen molar-refractivity contribution in [2.75, 3.05) is 18.0 Å². The number of thioether (sulfide) groups is 1. The molecule has 0 bridgehead atoms. The number of nitrogens with two attached hydrogens (primary N) is 1. The van der Waals surface area contributed by atoms with Gasteiger partial charge in [-0.1, -0.05) is 27.2 Å². The van der Waals surface area contributed by atoms with Crippen LogP contribution < -0.4 is 10.6 Å². The molecular weight excluding hydrogens is 254 g/mol. The quantitative estimate of drug-likeness (QED) is 0.920. The van der Waals surface area contributed by atoms with Crippen LogP contribution >= 0.6 is 11.8 Å². The highest BCUT2D eigenvalue weighted by molar-refractivity contribution is 8.00. The third-order valence-corrected chi connectivity index (χ3v) is 4.64. The van der Waals surface area contributed by atoms with Crippen LogP contribution in [-0.2, 0) is 13.0 Å². The van der Waals surface area contributed by atoms with Gasteiger partial charge in [-0.15, -0.1) is 0 Å². The molecule has 1 aliphatic rings. The van der Waals surface area contributed by atoms with Crippen molar-refractivity contribution in [3.05, 3.63) is 23.4 Å². The maximum absolute atomic E-state index is 5.82. The zero-order valence-electron chi connectivity index (χ0n) is 12.2. The minimum Gasteiger partial charge on any atom is -0.354 e. The second-order valence-electron chi connectivity index (χ2n) is 5.44. The van der Waals surface area contributed by atoms with Crippen molar-refractivity contribution in [3.63, 3.8) is 0 Å². The van der Waals surface area contributed by atoms with E-state index in [4.69, 9.17) is 10.7 Å². The number of aryl methyl sites for hydroxylation is 1. The number of hydrogen-bond acceptors (Lipinski definition) is 4. The number of nitrogens with zero attached hydrogens (tertiary/aromatic N) is 2. The van der Waals surface area contributed by atoms with Crippen LogP contribution in [0.5, 0.6) is 0 Å². The molecule has 2 atom stereocenters. The van der Waals surface area contributed by atoms with Crippen LogP contribution in [0.2, 0.25) is 0 Å². The van der Waals surface area contributed by atoms with Crippen molar-refractivity contribution in [2.45, 2.75) is 50.7 Å². The summed E-state index contributed by atoms with van der Waals surface area (Å²) in [6.45, 7) is 9.56. The zero-order valence-corrected chi connectivity index (χ0v) is 13.0. The van der Waals surface area contributed by atoms with Crippen LogP contribution in [0.25, 0.3) is 0 Å². The highest BCUT2D eigenvalue weighted by Crippen LogP contribution is 2.28. The summed E-state index contributed by atoms with van der Waals surface area (Å²) in [5.41, 5.74) is 8.20. The van der Waals surface area contributed by atoms with E-state index in [0.29, 0.717) is 17.0 Å². The third kappa shape index (κ3) is 3.86. The molecule has 2 unspecified atom stereocenters. The number of pyridine rings is 1. The Labute approximate surface area is 121 Å². The van der Waals surface area contributed by atoms with E-state index in [1.807, 2.05) is 0 Å². The summed E-state index contributed by atoms with van der Waals surface area (Å²) < 4.78 is 0. The molecule has 1 fully saturated rings. The Hall–Kier alpha value is -0.740. The van der Waals surface area contributed by atoms with Crippen LogP contribution in [0, 0.1) is 0 Å². The van der Waals surface area contributed by atoms with E-state index < -0.39 is 0 Å². The van der Waals surface area contributed by atoms with Crippen molar-refractivity contribution in [1.82, 2.24) is 4.98 Å². The second-order valence-corrected chi connectivity index (χ2v) is 7.32. The Morgan fingerprint density at radius 3 is 2.58 bits per heavy atom. The predicted octanol–water partition coefficient (Wildman–Crippen LogP) is 2.82. The van der Waals surface area contributed by atoms with Gasteiger partial charge in [0.15, 0.2) is 0 Å². The molecule has 106 valence electrons. The number of rotatable bonds is 4. The standard InChI is InChI=1S/C15H25N3S/c1-4-5-14-6-13(8-16)7-15(17-14)18-9-11(2)19-12(3)10-18/h6-7,11-12H,4-5,8-10,16H2,1-3H3. The first kappa shape index (κ1) is 14.7. The zero-order chi connectivity index (χ0) is 13.8. The van der Waals surface area contributed by atoms with Crippen LogP contribution in [-0.4, -0.2) is 28.6 Å². The first-order valence-electron chi connectivity index (χ1n) is 7.22. The van der Waals surface area contributed by atoms with E-state index >= 15 is 0 Å². The van der Waals surface area contributed by atoms with Crippen molar-refractivity contribution in [1.29, 1.82) is 0 Å². The lowest BCUT2D eigenvalue weighted by atomic mass is 10.1. The molecule has 1 aromatic rings. The second kappa shape index (κ2) is 6.62. The molecule has 0 radical (unpaired) electrons. The van der Waals surface area contributed by atoms with Gasteiger partial charge in [0.1, 0.15) is 5.82 Å². The molecule has 2 rings (SSSR count). The Balaban J connectivity index is 2.24. The number of aromatic nitrogens is 1. The molecule has 2 heterocycles. The average molecular weight is 279 g/mol. The van der Waals surface area contributed by atoms with Crippen molar-refractivity contribution >= 4 is 17.6 Å². The summed E-state index contributed by atoms with van der Waals surface area (Å²) in [5.74, 6) is 1.12. The van der Waals surface area contributed by atoms with Crippen molar-refractivity contribution in [2.24, 2.45) is 5.73 Å². The van der Waals surface area contributed by atoms with Gasteiger partial charge in [-0.25, -0.2) is 4.98 Å². The van der Waals surface area contributed by atoms with Crippen LogP contribution in [0.15, 0.2) is 12.1 Å². The molecule has 2 N–H and O–H groups in total. The molecule has 0 spiro atoms. The minimum atomic E-state index is 0.597. The van der Waals surface area contributed by atoms with Crippen molar-refractivity contribution < 1.29 is 0 Å². The molecule has 3 nitrogen and oxygen atoms in total. The van der Waals surface area contributed by atoms with Gasteiger partial charge in [-0.2, -0.15) is 11.8 Å². The molecule has 0 saturated carbocycles. The van der Waals surface area contributed by atoms with E-state index in [-0.39, 0.29) is 0 Å². The summed E-state index contributed by atoms with van der Waals surface area (Å²) in [7, 11) is 0. The van der Waals surface area contributed by atoms with Gasteiger partial charge in [-0.05, 0) is 24.1 Å². The molecule has 19 heavy (non-hydrogen) atoms. The van der Waals surface area contributed by atoms with E-state index in [1.54, 1.807) is 0 Å². The molecule has 1 saturated heterocycles. The van der Waals surface area contributed by atoms with E-state index in [1.165, 1.54) is 11.3 Å². The van der Waals surface area contributed by atoms with Gasteiger partial charge in [0.05, 0.1) is 0 Å². The molecule has 1 aromatic heterocycles. The molecule has 1 aliphatic heterocycles.